The minimum absolute atomic E-state index is 0.311. The number of thioether (sulfide) groups is 1. The van der Waals surface area contributed by atoms with Crippen molar-refractivity contribution in [3.63, 3.8) is 0 Å². The van der Waals surface area contributed by atoms with E-state index in [1.807, 2.05) is 11.8 Å². The van der Waals surface area contributed by atoms with Crippen LogP contribution in [0.1, 0.15) is 32.6 Å². The number of nitrogens with zero attached hydrogens (tertiary/aromatic N) is 1. The molecule has 0 saturated carbocycles. The van der Waals surface area contributed by atoms with Crippen molar-refractivity contribution in [3.8, 4) is 0 Å². The Kier molecular flexibility index (Phi) is 5.90. The molecule has 1 saturated heterocycles. The van der Waals surface area contributed by atoms with Crippen molar-refractivity contribution >= 4 is 11.8 Å². The van der Waals surface area contributed by atoms with Gasteiger partial charge in [-0.25, -0.2) is 0 Å². The van der Waals surface area contributed by atoms with Gasteiger partial charge in [0.05, 0.1) is 6.61 Å². The zero-order valence-electron chi connectivity index (χ0n) is 9.41. The third kappa shape index (κ3) is 4.20. The zero-order chi connectivity index (χ0) is 10.4. The Morgan fingerprint density at radius 3 is 2.93 bits per heavy atom. The molecule has 2 atom stereocenters. The average Bonchev–Trinajstić information content (AvgIpc) is 2.20. The Labute approximate surface area is 92.1 Å². The molecule has 0 aliphatic carbocycles. The predicted molar refractivity (Wildman–Crippen MR) is 63.9 cm³/mol. The van der Waals surface area contributed by atoms with Crippen LogP contribution < -0.4 is 0 Å². The summed E-state index contributed by atoms with van der Waals surface area (Å²) in [5.41, 5.74) is 0. The third-order valence-electron chi connectivity index (χ3n) is 3.03. The van der Waals surface area contributed by atoms with E-state index in [9.17, 15) is 0 Å². The number of likely N-dealkylation sites (tertiary alicyclic amines) is 1. The monoisotopic (exact) mass is 217 g/mol. The molecule has 84 valence electrons. The number of hydrogen-bond donors (Lipinski definition) is 1. The molecule has 2 nitrogen and oxygen atoms in total. The quantitative estimate of drug-likeness (QED) is 0.761. The molecule has 0 bridgehead atoms. The number of rotatable bonds is 5. The first-order valence-corrected chi connectivity index (χ1v) is 6.71. The van der Waals surface area contributed by atoms with E-state index in [1.165, 1.54) is 38.0 Å². The van der Waals surface area contributed by atoms with Crippen LogP contribution in [0.15, 0.2) is 0 Å². The highest BCUT2D eigenvalue weighted by molar-refractivity contribution is 7.99. The number of aliphatic hydroxyl groups is 1. The number of piperidine rings is 1. The fourth-order valence-corrected chi connectivity index (χ4v) is 2.88. The fourth-order valence-electron chi connectivity index (χ4n) is 1.97. The van der Waals surface area contributed by atoms with E-state index in [2.05, 4.69) is 18.9 Å². The fraction of sp³-hybridized carbons (Fsp3) is 1.00. The largest absolute Gasteiger partial charge is 0.395 e. The van der Waals surface area contributed by atoms with Crippen LogP contribution in [0.2, 0.25) is 0 Å². The molecular formula is C11H23NOS. The Morgan fingerprint density at radius 1 is 1.50 bits per heavy atom. The van der Waals surface area contributed by atoms with E-state index in [-0.39, 0.29) is 0 Å². The second kappa shape index (κ2) is 6.70. The summed E-state index contributed by atoms with van der Waals surface area (Å²) in [6.45, 7) is 3.67. The van der Waals surface area contributed by atoms with Crippen molar-refractivity contribution < 1.29 is 5.11 Å². The van der Waals surface area contributed by atoms with Gasteiger partial charge in [0.2, 0.25) is 0 Å². The van der Waals surface area contributed by atoms with Crippen LogP contribution in [0.5, 0.6) is 0 Å². The van der Waals surface area contributed by atoms with Gasteiger partial charge in [0.25, 0.3) is 0 Å². The molecule has 0 aromatic carbocycles. The van der Waals surface area contributed by atoms with Gasteiger partial charge < -0.3 is 10.0 Å². The molecule has 0 aromatic rings. The molecule has 1 heterocycles. The van der Waals surface area contributed by atoms with Crippen LogP contribution in [0.25, 0.3) is 0 Å². The molecule has 1 rings (SSSR count). The van der Waals surface area contributed by atoms with Gasteiger partial charge in [0.15, 0.2) is 0 Å². The molecule has 1 aliphatic rings. The van der Waals surface area contributed by atoms with Crippen molar-refractivity contribution in [2.24, 2.45) is 0 Å². The van der Waals surface area contributed by atoms with Crippen LogP contribution in [0.4, 0.5) is 0 Å². The van der Waals surface area contributed by atoms with Gasteiger partial charge in [-0.05, 0) is 38.6 Å². The van der Waals surface area contributed by atoms with Gasteiger partial charge in [-0.3, -0.25) is 0 Å². The molecule has 2 unspecified atom stereocenters. The maximum absolute atomic E-state index is 8.89. The molecule has 1 fully saturated rings. The second-order valence-corrected chi connectivity index (χ2v) is 5.83. The molecule has 3 heteroatoms. The van der Waals surface area contributed by atoms with Crippen LogP contribution in [-0.2, 0) is 0 Å². The van der Waals surface area contributed by atoms with E-state index >= 15 is 0 Å². The maximum atomic E-state index is 8.89. The number of aliphatic hydroxyl groups excluding tert-OH is 1. The molecule has 1 N–H and O–H groups in total. The predicted octanol–water partition coefficient (Wildman–Crippen LogP) is 1.97. The van der Waals surface area contributed by atoms with Gasteiger partial charge in [0, 0.05) is 11.3 Å². The second-order valence-electron chi connectivity index (χ2n) is 4.28. The van der Waals surface area contributed by atoms with Crippen LogP contribution in [0.3, 0.4) is 0 Å². The summed E-state index contributed by atoms with van der Waals surface area (Å²) in [4.78, 5) is 2.49. The molecule has 0 radical (unpaired) electrons. The highest BCUT2D eigenvalue weighted by atomic mass is 32.2. The summed E-state index contributed by atoms with van der Waals surface area (Å²) < 4.78 is 0. The maximum Gasteiger partial charge on any atom is 0.0547 e. The minimum Gasteiger partial charge on any atom is -0.395 e. The van der Waals surface area contributed by atoms with Gasteiger partial charge in [-0.15, -0.1) is 0 Å². The lowest BCUT2D eigenvalue weighted by atomic mass is 10.0. The van der Waals surface area contributed by atoms with Gasteiger partial charge in [0.1, 0.15) is 0 Å². The summed E-state index contributed by atoms with van der Waals surface area (Å²) in [5.74, 6) is 1.19. The topological polar surface area (TPSA) is 23.5 Å². The van der Waals surface area contributed by atoms with Crippen molar-refractivity contribution in [2.45, 2.75) is 43.9 Å². The lowest BCUT2D eigenvalue weighted by molar-refractivity contribution is 0.182. The molecule has 0 spiro atoms. The highest BCUT2D eigenvalue weighted by Gasteiger charge is 2.18. The van der Waals surface area contributed by atoms with E-state index in [1.54, 1.807) is 0 Å². The SMILES string of the molecule is CC(CO)SCCC1CCCCN1C. The lowest BCUT2D eigenvalue weighted by Crippen LogP contribution is -2.36. The van der Waals surface area contributed by atoms with E-state index in [0.717, 1.165) is 6.04 Å². The van der Waals surface area contributed by atoms with Crippen molar-refractivity contribution in [1.82, 2.24) is 4.90 Å². The summed E-state index contributed by atoms with van der Waals surface area (Å²) >= 11 is 1.90. The first-order chi connectivity index (χ1) is 6.74. The molecular weight excluding hydrogens is 194 g/mol. The first kappa shape index (κ1) is 12.3. The van der Waals surface area contributed by atoms with Crippen LogP contribution >= 0.6 is 11.8 Å². The highest BCUT2D eigenvalue weighted by Crippen LogP contribution is 2.20. The Hall–Kier alpha value is 0.270. The van der Waals surface area contributed by atoms with Crippen molar-refractivity contribution in [2.75, 3.05) is 26.0 Å². The average molecular weight is 217 g/mol. The summed E-state index contributed by atoms with van der Waals surface area (Å²) in [7, 11) is 2.24. The minimum atomic E-state index is 0.311. The molecule has 14 heavy (non-hydrogen) atoms. The molecule has 0 amide bonds. The number of hydrogen-bond acceptors (Lipinski definition) is 3. The van der Waals surface area contributed by atoms with Crippen LogP contribution in [0, 0.1) is 0 Å². The third-order valence-corrected chi connectivity index (χ3v) is 4.22. The zero-order valence-corrected chi connectivity index (χ0v) is 10.2. The Balaban J connectivity index is 2.10. The smallest absolute Gasteiger partial charge is 0.0547 e. The van der Waals surface area contributed by atoms with Crippen molar-refractivity contribution in [3.05, 3.63) is 0 Å². The Bertz CT molecular complexity index is 154. The summed E-state index contributed by atoms with van der Waals surface area (Å²) in [6, 6.07) is 0.794. The normalized spacial score (nSPS) is 26.4. The van der Waals surface area contributed by atoms with E-state index < -0.39 is 0 Å². The summed E-state index contributed by atoms with van der Waals surface area (Å²) in [5, 5.41) is 9.30. The standard InChI is InChI=1S/C11H23NOS/c1-10(9-13)14-8-6-11-5-3-4-7-12(11)2/h10-11,13H,3-9H2,1-2H3. The first-order valence-electron chi connectivity index (χ1n) is 5.66. The van der Waals surface area contributed by atoms with Gasteiger partial charge >= 0.3 is 0 Å². The van der Waals surface area contributed by atoms with Gasteiger partial charge in [-0.2, -0.15) is 11.8 Å². The lowest BCUT2D eigenvalue weighted by Gasteiger charge is -2.32. The molecule has 1 aliphatic heterocycles. The molecule has 0 aromatic heterocycles. The van der Waals surface area contributed by atoms with E-state index in [0.29, 0.717) is 11.9 Å². The van der Waals surface area contributed by atoms with Crippen LogP contribution in [-0.4, -0.2) is 47.3 Å². The van der Waals surface area contributed by atoms with Crippen molar-refractivity contribution in [1.29, 1.82) is 0 Å². The summed E-state index contributed by atoms with van der Waals surface area (Å²) in [6.07, 6.45) is 5.42. The van der Waals surface area contributed by atoms with E-state index in [4.69, 9.17) is 5.11 Å². The Morgan fingerprint density at radius 2 is 2.29 bits per heavy atom. The van der Waals surface area contributed by atoms with Gasteiger partial charge in [-0.1, -0.05) is 13.3 Å².